The van der Waals surface area contributed by atoms with Crippen LogP contribution in [0.15, 0.2) is 12.2 Å². The smallest absolute Gasteiger partial charge is 0.462 e. The van der Waals surface area contributed by atoms with Gasteiger partial charge in [-0.25, -0.2) is 4.79 Å². The van der Waals surface area contributed by atoms with Crippen molar-refractivity contribution >= 4 is 94.0 Å². The molecule has 3 unspecified atom stereocenters. The lowest BCUT2D eigenvalue weighted by atomic mass is 10.4. The van der Waals surface area contributed by atoms with Crippen molar-refractivity contribution in [2.45, 2.75) is 154 Å². The van der Waals surface area contributed by atoms with Crippen LogP contribution in [0.1, 0.15) is 13.3 Å². The van der Waals surface area contributed by atoms with E-state index in [2.05, 4.69) is 105 Å². The summed E-state index contributed by atoms with van der Waals surface area (Å²) in [5.41, 5.74) is 0.419. The van der Waals surface area contributed by atoms with Crippen LogP contribution in [0.5, 0.6) is 0 Å². The first kappa shape index (κ1) is 47.1. The van der Waals surface area contributed by atoms with Crippen LogP contribution in [0.3, 0.4) is 0 Å². The molecule has 0 fully saturated rings. The van der Waals surface area contributed by atoms with E-state index in [1.54, 1.807) is 6.92 Å². The van der Waals surface area contributed by atoms with E-state index in [4.69, 9.17) is 29.4 Å². The maximum absolute atomic E-state index is 12.2. The molecule has 0 aromatic heterocycles. The van der Waals surface area contributed by atoms with Gasteiger partial charge in [-0.15, -0.1) is 0 Å². The fourth-order valence-electron chi connectivity index (χ4n) is 5.46. The van der Waals surface area contributed by atoms with Crippen molar-refractivity contribution in [3.8, 4) is 0 Å². The van der Waals surface area contributed by atoms with Gasteiger partial charge in [-0.05, 0) is 148 Å². The predicted octanol–water partition coefficient (Wildman–Crippen LogP) is 7.16. The molecule has 18 heteroatoms. The Morgan fingerprint density at radius 1 is 0.565 bits per heavy atom. The largest absolute Gasteiger partial charge is 0.469 e. The highest BCUT2D eigenvalue weighted by Crippen LogP contribution is 2.35. The third kappa shape index (κ3) is 23.5. The number of carbonyl (C=O) groups is 1. The molecule has 0 N–H and O–H groups in total. The van der Waals surface area contributed by atoms with E-state index in [9.17, 15) is 4.79 Å². The Hall–Kier alpha value is 1.14. The fourth-order valence-corrected chi connectivity index (χ4v) is 46.2. The van der Waals surface area contributed by atoms with Crippen LogP contribution in [-0.4, -0.2) is 101 Å². The summed E-state index contributed by atoms with van der Waals surface area (Å²) in [6.45, 7) is 40.4. The van der Waals surface area contributed by atoms with Gasteiger partial charge >= 0.3 is 14.8 Å². The molecule has 0 spiro atoms. The standard InChI is InChI=1S/C28H74O8Si10/c1-27(2)28(29)30-19-18-23-46(34-43(12,13)24-20-40(9)31-37(3)4,35-44(14,15)25-21-41(10)32-38(5)6)36-45(16,17)26-22-42(11)33-39(7)8/h37-42H,1,18-26H2,2-17H3. The molecule has 0 aliphatic carbocycles. The first-order valence-electron chi connectivity index (χ1n) is 17.8. The summed E-state index contributed by atoms with van der Waals surface area (Å²) in [6, 6.07) is 7.15. The lowest BCUT2D eigenvalue weighted by Crippen LogP contribution is -2.62. The van der Waals surface area contributed by atoms with Crippen molar-refractivity contribution in [1.29, 1.82) is 0 Å². The van der Waals surface area contributed by atoms with Crippen LogP contribution in [0.25, 0.3) is 0 Å². The first-order valence-corrected chi connectivity index (χ1v) is 44.7. The molecule has 0 aromatic rings. The Balaban J connectivity index is 6.44. The molecule has 0 aliphatic heterocycles. The van der Waals surface area contributed by atoms with Gasteiger partial charge in [-0.2, -0.15) is 0 Å². The number of rotatable bonds is 26. The summed E-state index contributed by atoms with van der Waals surface area (Å²) in [5, 5.41) is 0. The third-order valence-corrected chi connectivity index (χ3v) is 40.4. The molecule has 0 heterocycles. The molecule has 274 valence electrons. The minimum absolute atomic E-state index is 0.312. The molecule has 0 radical (unpaired) electrons. The zero-order valence-corrected chi connectivity index (χ0v) is 43.7. The summed E-state index contributed by atoms with van der Waals surface area (Å²) >= 11 is 0. The molecule has 0 saturated carbocycles. The van der Waals surface area contributed by atoms with E-state index >= 15 is 0 Å². The first-order chi connectivity index (χ1) is 20.9. The maximum atomic E-state index is 12.2. The van der Waals surface area contributed by atoms with Crippen LogP contribution >= 0.6 is 0 Å². The van der Waals surface area contributed by atoms with Crippen molar-refractivity contribution in [2.24, 2.45) is 0 Å². The second-order valence-electron chi connectivity index (χ2n) is 15.9. The Morgan fingerprint density at radius 2 is 0.870 bits per heavy atom. The second-order valence-corrected chi connectivity index (χ2v) is 48.4. The van der Waals surface area contributed by atoms with Crippen molar-refractivity contribution in [1.82, 2.24) is 0 Å². The van der Waals surface area contributed by atoms with E-state index in [-0.39, 0.29) is 5.97 Å². The van der Waals surface area contributed by atoms with Crippen molar-refractivity contribution in [2.75, 3.05) is 6.61 Å². The number of esters is 1. The van der Waals surface area contributed by atoms with Gasteiger partial charge in [-0.1, -0.05) is 6.58 Å². The number of hydrogen-bond acceptors (Lipinski definition) is 8. The molecular weight excluding hydrogens is 745 g/mol. The van der Waals surface area contributed by atoms with E-state index in [0.29, 0.717) is 24.6 Å². The van der Waals surface area contributed by atoms with E-state index in [1.807, 2.05) is 0 Å². The lowest BCUT2D eigenvalue weighted by molar-refractivity contribution is -0.139. The molecular formula is C28H74O8Si10. The van der Waals surface area contributed by atoms with Gasteiger partial charge in [0.15, 0.2) is 79.2 Å². The van der Waals surface area contributed by atoms with Crippen LogP contribution in [0.4, 0.5) is 0 Å². The molecule has 0 amide bonds. The highest BCUT2D eigenvalue weighted by atomic mass is 28.5. The lowest BCUT2D eigenvalue weighted by Gasteiger charge is -2.45. The fraction of sp³-hybridized carbons (Fsp3) is 0.893. The summed E-state index contributed by atoms with van der Waals surface area (Å²) in [5.74, 6) is -0.345. The van der Waals surface area contributed by atoms with Gasteiger partial charge in [0.05, 0.1) is 6.61 Å². The zero-order chi connectivity index (χ0) is 35.9. The Morgan fingerprint density at radius 3 is 1.13 bits per heavy atom. The molecule has 46 heavy (non-hydrogen) atoms. The van der Waals surface area contributed by atoms with E-state index in [0.717, 1.165) is 36.3 Å². The molecule has 0 saturated heterocycles. The Bertz CT molecular complexity index is 809. The SMILES string of the molecule is C=C(C)C(=O)OCCC[Si](O[Si](C)(C)CC[SiH](C)O[SiH](C)C)(O[Si](C)(C)CC[SiH](C)O[SiH](C)C)O[Si](C)(C)CC[SiH](C)O[SiH](C)C. The normalized spacial score (nSPS) is 16.5. The predicted molar refractivity (Wildman–Crippen MR) is 224 cm³/mol. The summed E-state index contributed by atoms with van der Waals surface area (Å²) < 4.78 is 47.0. The second kappa shape index (κ2) is 22.2. The average molecular weight is 820 g/mol. The van der Waals surface area contributed by atoms with Crippen molar-refractivity contribution in [3.05, 3.63) is 12.2 Å². The minimum atomic E-state index is -3.19. The molecule has 3 atom stereocenters. The topological polar surface area (TPSA) is 81.7 Å². The van der Waals surface area contributed by atoms with Gasteiger partial charge in [0, 0.05) is 11.6 Å². The van der Waals surface area contributed by atoms with Crippen LogP contribution in [-0.2, 0) is 34.2 Å². The molecule has 8 nitrogen and oxygen atoms in total. The summed E-state index contributed by atoms with van der Waals surface area (Å²) in [7, 11) is -16.7. The van der Waals surface area contributed by atoms with E-state index in [1.165, 1.54) is 0 Å². The molecule has 0 bridgehead atoms. The van der Waals surface area contributed by atoms with Crippen molar-refractivity contribution < 1.29 is 34.2 Å². The number of carbonyl (C=O) groups excluding carboxylic acids is 1. The van der Waals surface area contributed by atoms with E-state index < -0.39 is 88.0 Å². The van der Waals surface area contributed by atoms with Crippen LogP contribution in [0, 0.1) is 0 Å². The number of hydrogen-bond donors (Lipinski definition) is 0. The highest BCUT2D eigenvalue weighted by molar-refractivity contribution is 6.91. The summed E-state index contributed by atoms with van der Waals surface area (Å²) in [6.07, 6.45) is 0.651. The van der Waals surface area contributed by atoms with Crippen LogP contribution in [0.2, 0.25) is 141 Å². The number of ether oxygens (including phenoxy) is 1. The maximum Gasteiger partial charge on any atom is 0.469 e. The van der Waals surface area contributed by atoms with Gasteiger partial charge in [0.25, 0.3) is 0 Å². The van der Waals surface area contributed by atoms with Crippen molar-refractivity contribution in [3.63, 3.8) is 0 Å². The molecule has 0 aromatic carbocycles. The highest BCUT2D eigenvalue weighted by Gasteiger charge is 2.52. The van der Waals surface area contributed by atoms with Crippen LogP contribution < -0.4 is 0 Å². The van der Waals surface area contributed by atoms with Gasteiger partial charge in [-0.3, -0.25) is 0 Å². The van der Waals surface area contributed by atoms with Gasteiger partial charge < -0.3 is 29.4 Å². The quantitative estimate of drug-likeness (QED) is 0.0394. The Labute approximate surface area is 299 Å². The van der Waals surface area contributed by atoms with Gasteiger partial charge in [0.2, 0.25) is 0 Å². The summed E-state index contributed by atoms with van der Waals surface area (Å²) in [4.78, 5) is 12.2. The molecule has 0 rings (SSSR count). The third-order valence-electron chi connectivity index (χ3n) is 7.48. The zero-order valence-electron chi connectivity index (χ0n) is 32.8. The monoisotopic (exact) mass is 818 g/mol. The van der Waals surface area contributed by atoms with Gasteiger partial charge in [0.1, 0.15) is 0 Å². The average Bonchev–Trinajstić information content (AvgIpc) is 2.85. The molecule has 0 aliphatic rings. The minimum Gasteiger partial charge on any atom is -0.462 e. The Kier molecular flexibility index (Phi) is 22.7.